The zero-order chi connectivity index (χ0) is 21.7. The maximum absolute atomic E-state index is 13.1. The SMILES string of the molecule is CCn1ccnc1SCC(=O)N(CC(C)C)c1c(N)n(CC(C)C)c(=O)[nH]c1=O. The molecule has 0 aliphatic rings. The summed E-state index contributed by atoms with van der Waals surface area (Å²) in [4.78, 5) is 45.8. The van der Waals surface area contributed by atoms with Crippen LogP contribution in [-0.4, -0.2) is 37.3 Å². The Bertz CT molecular complexity index is 960. The first-order valence-corrected chi connectivity index (χ1v) is 10.7. The lowest BCUT2D eigenvalue weighted by Gasteiger charge is -2.26. The first kappa shape index (κ1) is 22.8. The molecule has 0 aromatic carbocycles. The molecule has 0 unspecified atom stereocenters. The van der Waals surface area contributed by atoms with Crippen LogP contribution in [0, 0.1) is 11.8 Å². The lowest BCUT2D eigenvalue weighted by atomic mass is 10.2. The molecule has 0 saturated heterocycles. The number of nitrogens with one attached hydrogen (secondary N) is 1. The van der Waals surface area contributed by atoms with Gasteiger partial charge in [-0.3, -0.25) is 19.1 Å². The molecule has 0 aliphatic heterocycles. The highest BCUT2D eigenvalue weighted by atomic mass is 32.2. The minimum absolute atomic E-state index is 0.0153. The molecular formula is C19H30N6O3S. The summed E-state index contributed by atoms with van der Waals surface area (Å²) in [7, 11) is 0. The van der Waals surface area contributed by atoms with E-state index < -0.39 is 11.2 Å². The lowest BCUT2D eigenvalue weighted by molar-refractivity contribution is -0.116. The average Bonchev–Trinajstić information content (AvgIpc) is 3.09. The zero-order valence-corrected chi connectivity index (χ0v) is 18.5. The number of hydrogen-bond donors (Lipinski definition) is 2. The summed E-state index contributed by atoms with van der Waals surface area (Å²) < 4.78 is 3.26. The highest BCUT2D eigenvalue weighted by Crippen LogP contribution is 2.22. The van der Waals surface area contributed by atoms with Crippen molar-refractivity contribution < 1.29 is 4.79 Å². The van der Waals surface area contributed by atoms with E-state index in [0.29, 0.717) is 13.1 Å². The number of nitrogens with zero attached hydrogens (tertiary/aromatic N) is 4. The quantitative estimate of drug-likeness (QED) is 0.595. The number of H-pyrrole nitrogens is 1. The highest BCUT2D eigenvalue weighted by Gasteiger charge is 2.25. The number of aromatic amines is 1. The van der Waals surface area contributed by atoms with Crippen molar-refractivity contribution in [3.05, 3.63) is 33.2 Å². The molecule has 3 N–H and O–H groups in total. The van der Waals surface area contributed by atoms with Crippen LogP contribution in [0.3, 0.4) is 0 Å². The average molecular weight is 423 g/mol. The molecule has 0 saturated carbocycles. The fraction of sp³-hybridized carbons (Fsp3) is 0.579. The molecule has 0 bridgehead atoms. The zero-order valence-electron chi connectivity index (χ0n) is 17.6. The van der Waals surface area contributed by atoms with Crippen molar-refractivity contribution in [3.8, 4) is 0 Å². The van der Waals surface area contributed by atoms with E-state index >= 15 is 0 Å². The molecular weight excluding hydrogens is 392 g/mol. The van der Waals surface area contributed by atoms with Crippen LogP contribution in [0.2, 0.25) is 0 Å². The van der Waals surface area contributed by atoms with E-state index in [2.05, 4.69) is 9.97 Å². The van der Waals surface area contributed by atoms with Gasteiger partial charge in [-0.05, 0) is 18.8 Å². The Labute approximate surface area is 174 Å². The number of thioether (sulfide) groups is 1. The monoisotopic (exact) mass is 422 g/mol. The van der Waals surface area contributed by atoms with Gasteiger partial charge in [0.1, 0.15) is 5.82 Å². The first-order valence-electron chi connectivity index (χ1n) is 9.72. The van der Waals surface area contributed by atoms with Gasteiger partial charge < -0.3 is 15.2 Å². The summed E-state index contributed by atoms with van der Waals surface area (Å²) in [6.45, 7) is 11.2. The summed E-state index contributed by atoms with van der Waals surface area (Å²) >= 11 is 1.31. The van der Waals surface area contributed by atoms with E-state index in [1.807, 2.05) is 45.4 Å². The Morgan fingerprint density at radius 2 is 1.97 bits per heavy atom. The highest BCUT2D eigenvalue weighted by molar-refractivity contribution is 7.99. The molecule has 2 rings (SSSR count). The van der Waals surface area contributed by atoms with Crippen LogP contribution >= 0.6 is 11.8 Å². The number of nitrogen functional groups attached to an aromatic ring is 1. The second kappa shape index (κ2) is 9.82. The Balaban J connectivity index is 2.40. The van der Waals surface area contributed by atoms with Crippen molar-refractivity contribution in [2.75, 3.05) is 22.9 Å². The number of nitrogens with two attached hydrogens (primary N) is 1. The minimum Gasteiger partial charge on any atom is -0.383 e. The molecule has 0 spiro atoms. The van der Waals surface area contributed by atoms with Crippen LogP contribution in [0.4, 0.5) is 11.5 Å². The van der Waals surface area contributed by atoms with Gasteiger partial charge in [0.2, 0.25) is 5.91 Å². The molecule has 10 heteroatoms. The van der Waals surface area contributed by atoms with Gasteiger partial charge >= 0.3 is 5.69 Å². The summed E-state index contributed by atoms with van der Waals surface area (Å²) in [5.74, 6) is 0.103. The van der Waals surface area contributed by atoms with E-state index in [1.54, 1.807) is 6.20 Å². The molecule has 2 aromatic rings. The fourth-order valence-corrected chi connectivity index (χ4v) is 3.85. The van der Waals surface area contributed by atoms with Crippen molar-refractivity contribution in [1.29, 1.82) is 0 Å². The third kappa shape index (κ3) is 5.53. The summed E-state index contributed by atoms with van der Waals surface area (Å²) in [5, 5.41) is 0.733. The van der Waals surface area contributed by atoms with E-state index in [1.165, 1.54) is 21.2 Å². The molecule has 29 heavy (non-hydrogen) atoms. The van der Waals surface area contributed by atoms with Crippen LogP contribution in [-0.2, 0) is 17.9 Å². The van der Waals surface area contributed by atoms with E-state index in [4.69, 9.17) is 5.73 Å². The van der Waals surface area contributed by atoms with Gasteiger partial charge in [-0.15, -0.1) is 0 Å². The van der Waals surface area contributed by atoms with Crippen LogP contribution in [0.5, 0.6) is 0 Å². The van der Waals surface area contributed by atoms with E-state index in [9.17, 15) is 14.4 Å². The van der Waals surface area contributed by atoms with Crippen molar-refractivity contribution in [2.24, 2.45) is 11.8 Å². The van der Waals surface area contributed by atoms with Crippen LogP contribution in [0.1, 0.15) is 34.6 Å². The van der Waals surface area contributed by atoms with Crippen LogP contribution in [0.25, 0.3) is 0 Å². The predicted octanol–water partition coefficient (Wildman–Crippen LogP) is 1.77. The number of imidazole rings is 1. The predicted molar refractivity (Wildman–Crippen MR) is 116 cm³/mol. The van der Waals surface area contributed by atoms with Gasteiger partial charge in [-0.25, -0.2) is 9.78 Å². The smallest absolute Gasteiger partial charge is 0.330 e. The molecule has 1 amide bonds. The lowest BCUT2D eigenvalue weighted by Crippen LogP contribution is -2.43. The van der Waals surface area contributed by atoms with Gasteiger partial charge in [0.15, 0.2) is 10.8 Å². The van der Waals surface area contributed by atoms with Gasteiger partial charge in [0.25, 0.3) is 5.56 Å². The topological polar surface area (TPSA) is 119 Å². The standard InChI is InChI=1S/C19H30N6O3S/c1-6-23-8-7-21-19(23)29-11-14(26)24(9-12(2)3)15-16(20)25(10-13(4)5)18(28)22-17(15)27/h7-8,12-13H,6,9-11,20H2,1-5H3,(H,22,27,28). The number of carbonyl (C=O) groups excluding carboxylic acids is 1. The Morgan fingerprint density at radius 1 is 1.28 bits per heavy atom. The number of anilines is 2. The molecule has 160 valence electrons. The molecule has 9 nitrogen and oxygen atoms in total. The van der Waals surface area contributed by atoms with Gasteiger partial charge in [0.05, 0.1) is 5.75 Å². The van der Waals surface area contributed by atoms with Gasteiger partial charge in [-0.1, -0.05) is 39.5 Å². The largest absolute Gasteiger partial charge is 0.383 e. The molecule has 2 aromatic heterocycles. The Hall–Kier alpha value is -2.49. The van der Waals surface area contributed by atoms with Gasteiger partial charge in [-0.2, -0.15) is 0 Å². The van der Waals surface area contributed by atoms with Crippen molar-refractivity contribution in [3.63, 3.8) is 0 Å². The number of rotatable bonds is 9. The van der Waals surface area contributed by atoms with E-state index in [0.717, 1.165) is 11.7 Å². The second-order valence-corrected chi connectivity index (χ2v) is 8.62. The Kier molecular flexibility index (Phi) is 7.72. The van der Waals surface area contributed by atoms with Gasteiger partial charge in [0, 0.05) is 32.0 Å². The third-order valence-electron chi connectivity index (χ3n) is 4.22. The van der Waals surface area contributed by atoms with Crippen LogP contribution in [0.15, 0.2) is 27.1 Å². The first-order chi connectivity index (χ1) is 13.6. The van der Waals surface area contributed by atoms with Crippen molar-refractivity contribution in [2.45, 2.75) is 52.9 Å². The summed E-state index contributed by atoms with van der Waals surface area (Å²) in [6, 6.07) is 0. The number of amides is 1. The normalized spacial score (nSPS) is 11.4. The fourth-order valence-electron chi connectivity index (χ4n) is 2.95. The summed E-state index contributed by atoms with van der Waals surface area (Å²) in [6.07, 6.45) is 3.54. The molecule has 2 heterocycles. The van der Waals surface area contributed by atoms with Crippen LogP contribution < -0.4 is 21.9 Å². The third-order valence-corrected chi connectivity index (χ3v) is 5.21. The number of aromatic nitrogens is 4. The molecule has 0 aliphatic carbocycles. The maximum atomic E-state index is 13.1. The number of carbonyl (C=O) groups is 1. The Morgan fingerprint density at radius 3 is 2.55 bits per heavy atom. The molecule has 0 atom stereocenters. The molecule has 0 fully saturated rings. The van der Waals surface area contributed by atoms with Crippen molar-refractivity contribution in [1.82, 2.24) is 19.1 Å². The second-order valence-electron chi connectivity index (χ2n) is 7.68. The number of hydrogen-bond acceptors (Lipinski definition) is 6. The van der Waals surface area contributed by atoms with Crippen molar-refractivity contribution >= 4 is 29.2 Å². The molecule has 0 radical (unpaired) electrons. The summed E-state index contributed by atoms with van der Waals surface area (Å²) in [5.41, 5.74) is 5.02. The minimum atomic E-state index is -0.651. The van der Waals surface area contributed by atoms with E-state index in [-0.39, 0.29) is 35.0 Å². The maximum Gasteiger partial charge on any atom is 0.330 e. The number of aryl methyl sites for hydroxylation is 1.